The fraction of sp³-hybridized carbons (Fsp3) is 0.545. The van der Waals surface area contributed by atoms with E-state index in [1.165, 1.54) is 13.0 Å². The summed E-state index contributed by atoms with van der Waals surface area (Å²) in [5.74, 6) is 0.852. The number of rotatable bonds is 4. The van der Waals surface area contributed by atoms with Gasteiger partial charge in [0.1, 0.15) is 11.9 Å². The topological polar surface area (TPSA) is 25.4 Å². The molecule has 1 aliphatic heterocycles. The molecule has 0 aliphatic carbocycles. The maximum absolute atomic E-state index is 5.77. The first-order valence-corrected chi connectivity index (χ1v) is 6.07. The molecule has 0 N–H and O–H groups in total. The normalized spacial score (nSPS) is 17.5. The fourth-order valence-corrected chi connectivity index (χ4v) is 2.09. The Balaban J connectivity index is 1.80. The first-order valence-electron chi connectivity index (χ1n) is 5.27. The lowest BCUT2D eigenvalue weighted by molar-refractivity contribution is 0.0200. The number of pyridine rings is 1. The van der Waals surface area contributed by atoms with Crippen LogP contribution in [0.5, 0.6) is 5.75 Å². The molecule has 1 fully saturated rings. The Morgan fingerprint density at radius 2 is 2.33 bits per heavy atom. The van der Waals surface area contributed by atoms with Gasteiger partial charge in [0.15, 0.2) is 0 Å². The SMILES string of the molecule is CCCN1CC(Oc2cncc(Br)c2)C1. The molecule has 2 heterocycles. The average Bonchev–Trinajstić information content (AvgIpc) is 2.15. The molecule has 1 aromatic heterocycles. The van der Waals surface area contributed by atoms with Crippen LogP contribution in [0.15, 0.2) is 22.9 Å². The van der Waals surface area contributed by atoms with Crippen LogP contribution in [0.4, 0.5) is 0 Å². The fourth-order valence-electron chi connectivity index (χ4n) is 1.75. The molecule has 4 heteroatoms. The molecule has 0 saturated carbocycles. The summed E-state index contributed by atoms with van der Waals surface area (Å²) in [6.45, 7) is 5.46. The van der Waals surface area contributed by atoms with Gasteiger partial charge in [0.05, 0.1) is 6.20 Å². The van der Waals surface area contributed by atoms with Gasteiger partial charge in [-0.25, -0.2) is 0 Å². The molecule has 82 valence electrons. The van der Waals surface area contributed by atoms with Crippen molar-refractivity contribution >= 4 is 15.9 Å². The van der Waals surface area contributed by atoms with Crippen LogP contribution in [0.3, 0.4) is 0 Å². The summed E-state index contributed by atoms with van der Waals surface area (Å²) >= 11 is 3.38. The lowest BCUT2D eigenvalue weighted by Gasteiger charge is -2.38. The monoisotopic (exact) mass is 270 g/mol. The van der Waals surface area contributed by atoms with Crippen molar-refractivity contribution < 1.29 is 4.74 Å². The Labute approximate surface area is 98.6 Å². The van der Waals surface area contributed by atoms with E-state index in [1.807, 2.05) is 6.07 Å². The Hall–Kier alpha value is -0.610. The van der Waals surface area contributed by atoms with Gasteiger partial charge in [-0.3, -0.25) is 9.88 Å². The second kappa shape index (κ2) is 4.94. The summed E-state index contributed by atoms with van der Waals surface area (Å²) in [5, 5.41) is 0. The Morgan fingerprint density at radius 1 is 1.53 bits per heavy atom. The molecule has 1 saturated heterocycles. The highest BCUT2D eigenvalue weighted by molar-refractivity contribution is 9.10. The zero-order valence-electron chi connectivity index (χ0n) is 8.82. The summed E-state index contributed by atoms with van der Waals surface area (Å²) in [4.78, 5) is 6.46. The largest absolute Gasteiger partial charge is 0.486 e. The minimum Gasteiger partial charge on any atom is -0.486 e. The van der Waals surface area contributed by atoms with Gasteiger partial charge >= 0.3 is 0 Å². The van der Waals surface area contributed by atoms with E-state index in [4.69, 9.17) is 4.74 Å². The third-order valence-electron chi connectivity index (χ3n) is 2.45. The van der Waals surface area contributed by atoms with Crippen LogP contribution in [-0.2, 0) is 0 Å². The molecule has 3 nitrogen and oxygen atoms in total. The van der Waals surface area contributed by atoms with Crippen LogP contribution in [0.1, 0.15) is 13.3 Å². The molecule has 1 aliphatic rings. The highest BCUT2D eigenvalue weighted by Gasteiger charge is 2.27. The van der Waals surface area contributed by atoms with Crippen molar-refractivity contribution in [2.75, 3.05) is 19.6 Å². The van der Waals surface area contributed by atoms with Crippen molar-refractivity contribution in [1.82, 2.24) is 9.88 Å². The molecule has 0 atom stereocenters. The van der Waals surface area contributed by atoms with Crippen LogP contribution in [0, 0.1) is 0 Å². The molecular weight excluding hydrogens is 256 g/mol. The van der Waals surface area contributed by atoms with Gasteiger partial charge in [0, 0.05) is 23.8 Å². The molecule has 0 amide bonds. The third kappa shape index (κ3) is 2.92. The molecule has 1 aromatic rings. The number of hydrogen-bond donors (Lipinski definition) is 0. The second-order valence-electron chi connectivity index (χ2n) is 3.84. The molecule has 0 radical (unpaired) electrons. The van der Waals surface area contributed by atoms with E-state index in [0.29, 0.717) is 6.10 Å². The average molecular weight is 271 g/mol. The summed E-state index contributed by atoms with van der Waals surface area (Å²) in [6.07, 6.45) is 5.07. The standard InChI is InChI=1S/C11H15BrN2O/c1-2-3-14-7-11(8-14)15-10-4-9(12)5-13-6-10/h4-6,11H,2-3,7-8H2,1H3. The van der Waals surface area contributed by atoms with E-state index in [1.54, 1.807) is 12.4 Å². The number of aromatic nitrogens is 1. The highest BCUT2D eigenvalue weighted by atomic mass is 79.9. The minimum absolute atomic E-state index is 0.340. The molecule has 0 unspecified atom stereocenters. The Bertz CT molecular complexity index is 326. The first-order chi connectivity index (χ1) is 7.28. The molecule has 0 aromatic carbocycles. The molecule has 0 spiro atoms. The predicted octanol–water partition coefficient (Wildman–Crippen LogP) is 2.32. The minimum atomic E-state index is 0.340. The zero-order chi connectivity index (χ0) is 10.7. The molecular formula is C11H15BrN2O. The molecule has 0 bridgehead atoms. The molecule has 15 heavy (non-hydrogen) atoms. The highest BCUT2D eigenvalue weighted by Crippen LogP contribution is 2.20. The Kier molecular flexibility index (Phi) is 3.59. The zero-order valence-corrected chi connectivity index (χ0v) is 10.4. The van der Waals surface area contributed by atoms with Crippen LogP contribution in [-0.4, -0.2) is 35.6 Å². The van der Waals surface area contributed by atoms with Gasteiger partial charge in [0.2, 0.25) is 0 Å². The van der Waals surface area contributed by atoms with Gasteiger partial charge in [-0.15, -0.1) is 0 Å². The van der Waals surface area contributed by atoms with Crippen LogP contribution in [0.2, 0.25) is 0 Å². The van der Waals surface area contributed by atoms with Gasteiger partial charge in [-0.1, -0.05) is 6.92 Å². The van der Waals surface area contributed by atoms with Crippen LogP contribution < -0.4 is 4.74 Å². The van der Waals surface area contributed by atoms with Crippen LogP contribution >= 0.6 is 15.9 Å². The van der Waals surface area contributed by atoms with Gasteiger partial charge in [-0.2, -0.15) is 0 Å². The maximum atomic E-state index is 5.77. The first kappa shape index (κ1) is 10.9. The number of nitrogens with zero attached hydrogens (tertiary/aromatic N) is 2. The lowest BCUT2D eigenvalue weighted by Crippen LogP contribution is -2.53. The van der Waals surface area contributed by atoms with Gasteiger partial charge < -0.3 is 4.74 Å². The summed E-state index contributed by atoms with van der Waals surface area (Å²) < 4.78 is 6.74. The number of likely N-dealkylation sites (tertiary alicyclic amines) is 1. The van der Waals surface area contributed by atoms with Crippen molar-refractivity contribution in [3.63, 3.8) is 0 Å². The van der Waals surface area contributed by atoms with Crippen molar-refractivity contribution in [2.24, 2.45) is 0 Å². The van der Waals surface area contributed by atoms with E-state index >= 15 is 0 Å². The number of ether oxygens (including phenoxy) is 1. The van der Waals surface area contributed by atoms with E-state index in [2.05, 4.69) is 32.7 Å². The van der Waals surface area contributed by atoms with Gasteiger partial charge in [0.25, 0.3) is 0 Å². The third-order valence-corrected chi connectivity index (χ3v) is 2.88. The van der Waals surface area contributed by atoms with Crippen molar-refractivity contribution in [2.45, 2.75) is 19.4 Å². The Morgan fingerprint density at radius 3 is 3.00 bits per heavy atom. The maximum Gasteiger partial charge on any atom is 0.139 e. The number of hydrogen-bond acceptors (Lipinski definition) is 3. The summed E-state index contributed by atoms with van der Waals surface area (Å²) in [5.41, 5.74) is 0. The van der Waals surface area contributed by atoms with E-state index in [-0.39, 0.29) is 0 Å². The number of halogens is 1. The van der Waals surface area contributed by atoms with Gasteiger partial charge in [-0.05, 0) is 35.0 Å². The summed E-state index contributed by atoms with van der Waals surface area (Å²) in [6, 6.07) is 1.95. The van der Waals surface area contributed by atoms with E-state index in [9.17, 15) is 0 Å². The van der Waals surface area contributed by atoms with E-state index in [0.717, 1.165) is 23.3 Å². The molecule has 2 rings (SSSR count). The van der Waals surface area contributed by atoms with E-state index < -0.39 is 0 Å². The lowest BCUT2D eigenvalue weighted by atomic mass is 10.1. The summed E-state index contributed by atoms with van der Waals surface area (Å²) in [7, 11) is 0. The van der Waals surface area contributed by atoms with Crippen molar-refractivity contribution in [1.29, 1.82) is 0 Å². The van der Waals surface area contributed by atoms with Crippen LogP contribution in [0.25, 0.3) is 0 Å². The second-order valence-corrected chi connectivity index (χ2v) is 4.75. The van der Waals surface area contributed by atoms with Crippen molar-refractivity contribution in [3.8, 4) is 5.75 Å². The predicted molar refractivity (Wildman–Crippen MR) is 63.1 cm³/mol. The quantitative estimate of drug-likeness (QED) is 0.840. The smallest absolute Gasteiger partial charge is 0.139 e. The van der Waals surface area contributed by atoms with Crippen molar-refractivity contribution in [3.05, 3.63) is 22.9 Å².